The quantitative estimate of drug-likeness (QED) is 0.413. The third-order valence-corrected chi connectivity index (χ3v) is 6.98. The van der Waals surface area contributed by atoms with E-state index in [1.54, 1.807) is 0 Å². The first-order valence-electron chi connectivity index (χ1n) is 8.12. The topological polar surface area (TPSA) is 0 Å². The molecule has 1 aliphatic rings. The Morgan fingerprint density at radius 2 is 1.81 bits per heavy atom. The predicted octanol–water partition coefficient (Wildman–Crippen LogP) is 7.80. The minimum absolute atomic E-state index is 0.128. The standard InChI is InChI=1S/C18H25Br2Cl/c1-3-4-5-13-6-8-14(9-7-13)18(21)15-11-16(19)12(2)10-17(15)20/h10-11,13-14,18H,3-9H2,1-2H3. The number of hydrogen-bond acceptors (Lipinski definition) is 0. The SMILES string of the molecule is CCCCC1CCC(C(Cl)c2cc(Br)c(C)cc2Br)CC1. The Balaban J connectivity index is 1.99. The monoisotopic (exact) mass is 434 g/mol. The maximum absolute atomic E-state index is 6.82. The lowest BCUT2D eigenvalue weighted by Gasteiger charge is -2.32. The van der Waals surface area contributed by atoms with Crippen LogP contribution in [0.5, 0.6) is 0 Å². The average Bonchev–Trinajstić information content (AvgIpc) is 2.48. The van der Waals surface area contributed by atoms with Gasteiger partial charge in [-0.05, 0) is 54.9 Å². The lowest BCUT2D eigenvalue weighted by atomic mass is 9.77. The Morgan fingerprint density at radius 3 is 2.43 bits per heavy atom. The average molecular weight is 437 g/mol. The third kappa shape index (κ3) is 4.72. The highest BCUT2D eigenvalue weighted by Gasteiger charge is 2.28. The first-order chi connectivity index (χ1) is 10.0. The largest absolute Gasteiger partial charge is 0.117 e. The Bertz CT molecular complexity index is 465. The molecule has 0 heterocycles. The van der Waals surface area contributed by atoms with Crippen LogP contribution in [0.25, 0.3) is 0 Å². The third-order valence-electron chi connectivity index (χ3n) is 4.85. The van der Waals surface area contributed by atoms with E-state index >= 15 is 0 Å². The van der Waals surface area contributed by atoms with E-state index in [-0.39, 0.29) is 5.38 Å². The van der Waals surface area contributed by atoms with Crippen LogP contribution in [0.4, 0.5) is 0 Å². The molecule has 0 spiro atoms. The molecule has 0 saturated heterocycles. The normalized spacial score (nSPS) is 24.0. The van der Waals surface area contributed by atoms with Crippen molar-refractivity contribution in [1.29, 1.82) is 0 Å². The minimum Gasteiger partial charge on any atom is -0.117 e. The molecule has 0 N–H and O–H groups in total. The number of aryl methyl sites for hydroxylation is 1. The van der Waals surface area contributed by atoms with Crippen molar-refractivity contribution in [2.45, 2.75) is 64.2 Å². The first-order valence-corrected chi connectivity index (χ1v) is 10.1. The van der Waals surface area contributed by atoms with Crippen LogP contribution in [0, 0.1) is 18.8 Å². The molecule has 0 amide bonds. The zero-order valence-corrected chi connectivity index (χ0v) is 16.9. The summed E-state index contributed by atoms with van der Waals surface area (Å²) < 4.78 is 2.30. The number of halogens is 3. The number of benzene rings is 1. The lowest BCUT2D eigenvalue weighted by Crippen LogP contribution is -2.18. The highest BCUT2D eigenvalue weighted by Crippen LogP contribution is 2.44. The van der Waals surface area contributed by atoms with E-state index < -0.39 is 0 Å². The molecule has 21 heavy (non-hydrogen) atoms. The minimum atomic E-state index is 0.128. The van der Waals surface area contributed by atoms with Gasteiger partial charge in [0.05, 0.1) is 5.38 Å². The number of hydrogen-bond donors (Lipinski definition) is 0. The molecule has 0 aliphatic heterocycles. The summed E-state index contributed by atoms with van der Waals surface area (Å²) in [5.41, 5.74) is 2.49. The van der Waals surface area contributed by atoms with E-state index in [1.165, 1.54) is 56.1 Å². The van der Waals surface area contributed by atoms with Crippen molar-refractivity contribution in [3.8, 4) is 0 Å². The Hall–Kier alpha value is 0.470. The van der Waals surface area contributed by atoms with E-state index in [0.29, 0.717) is 5.92 Å². The number of alkyl halides is 1. The van der Waals surface area contributed by atoms with Gasteiger partial charge in [0.1, 0.15) is 0 Å². The molecule has 1 saturated carbocycles. The van der Waals surface area contributed by atoms with Crippen LogP contribution in [0.2, 0.25) is 0 Å². The van der Waals surface area contributed by atoms with Crippen molar-refractivity contribution >= 4 is 43.5 Å². The van der Waals surface area contributed by atoms with Gasteiger partial charge in [0.2, 0.25) is 0 Å². The van der Waals surface area contributed by atoms with Crippen molar-refractivity contribution in [3.05, 3.63) is 32.2 Å². The smallest absolute Gasteiger partial charge is 0.0624 e. The second kappa shape index (κ2) is 8.36. The van der Waals surface area contributed by atoms with Gasteiger partial charge in [-0.3, -0.25) is 0 Å². The molecular formula is C18H25Br2Cl. The van der Waals surface area contributed by atoms with Crippen molar-refractivity contribution < 1.29 is 0 Å². The van der Waals surface area contributed by atoms with Crippen LogP contribution in [0.15, 0.2) is 21.1 Å². The van der Waals surface area contributed by atoms with Crippen LogP contribution in [-0.4, -0.2) is 0 Å². The van der Waals surface area contributed by atoms with Gasteiger partial charge in [-0.2, -0.15) is 0 Å². The molecule has 0 bridgehead atoms. The lowest BCUT2D eigenvalue weighted by molar-refractivity contribution is 0.254. The summed E-state index contributed by atoms with van der Waals surface area (Å²) >= 11 is 14.1. The predicted molar refractivity (Wildman–Crippen MR) is 100 cm³/mol. The molecule has 1 fully saturated rings. The van der Waals surface area contributed by atoms with Crippen molar-refractivity contribution in [2.75, 3.05) is 0 Å². The molecule has 0 nitrogen and oxygen atoms in total. The van der Waals surface area contributed by atoms with Crippen LogP contribution >= 0.6 is 43.5 Å². The van der Waals surface area contributed by atoms with Gasteiger partial charge in [-0.15, -0.1) is 11.6 Å². The maximum Gasteiger partial charge on any atom is 0.0624 e. The summed E-state index contributed by atoms with van der Waals surface area (Å²) in [5.74, 6) is 1.56. The molecular weight excluding hydrogens is 411 g/mol. The Labute approximate surface area is 151 Å². The van der Waals surface area contributed by atoms with Crippen molar-refractivity contribution in [2.24, 2.45) is 11.8 Å². The summed E-state index contributed by atoms with van der Waals surface area (Å²) in [7, 11) is 0. The summed E-state index contributed by atoms with van der Waals surface area (Å²) in [6.45, 7) is 4.40. The Kier molecular flexibility index (Phi) is 7.09. The molecule has 3 heteroatoms. The van der Waals surface area contributed by atoms with E-state index in [2.05, 4.69) is 57.8 Å². The second-order valence-corrected chi connectivity index (χ2v) is 8.63. The molecule has 1 aromatic carbocycles. The van der Waals surface area contributed by atoms with Gasteiger partial charge < -0.3 is 0 Å². The van der Waals surface area contributed by atoms with Crippen LogP contribution < -0.4 is 0 Å². The highest BCUT2D eigenvalue weighted by atomic mass is 79.9. The maximum atomic E-state index is 6.82. The van der Waals surface area contributed by atoms with E-state index in [4.69, 9.17) is 11.6 Å². The molecule has 118 valence electrons. The van der Waals surface area contributed by atoms with Gasteiger partial charge in [0, 0.05) is 8.95 Å². The fraction of sp³-hybridized carbons (Fsp3) is 0.667. The number of unbranched alkanes of at least 4 members (excludes halogenated alkanes) is 1. The van der Waals surface area contributed by atoms with E-state index in [1.807, 2.05) is 0 Å². The Morgan fingerprint density at radius 1 is 1.14 bits per heavy atom. The number of rotatable bonds is 5. The summed E-state index contributed by atoms with van der Waals surface area (Å²) in [5, 5.41) is 0.128. The van der Waals surface area contributed by atoms with Crippen molar-refractivity contribution in [1.82, 2.24) is 0 Å². The first kappa shape index (κ1) is 17.8. The highest BCUT2D eigenvalue weighted by molar-refractivity contribution is 9.11. The molecule has 1 aromatic rings. The zero-order chi connectivity index (χ0) is 15.4. The second-order valence-electron chi connectivity index (χ2n) is 6.45. The molecule has 1 unspecified atom stereocenters. The van der Waals surface area contributed by atoms with Crippen molar-refractivity contribution in [3.63, 3.8) is 0 Å². The fourth-order valence-electron chi connectivity index (χ4n) is 3.39. The molecule has 0 radical (unpaired) electrons. The summed E-state index contributed by atoms with van der Waals surface area (Å²) in [6.07, 6.45) is 9.40. The zero-order valence-electron chi connectivity index (χ0n) is 13.0. The summed E-state index contributed by atoms with van der Waals surface area (Å²) in [4.78, 5) is 0. The molecule has 1 aliphatic carbocycles. The van der Waals surface area contributed by atoms with Crippen LogP contribution in [-0.2, 0) is 0 Å². The van der Waals surface area contributed by atoms with Gasteiger partial charge in [0.15, 0.2) is 0 Å². The van der Waals surface area contributed by atoms with Crippen LogP contribution in [0.1, 0.15) is 68.4 Å². The van der Waals surface area contributed by atoms with Crippen LogP contribution in [0.3, 0.4) is 0 Å². The summed E-state index contributed by atoms with van der Waals surface area (Å²) in [6, 6.07) is 4.36. The van der Waals surface area contributed by atoms with E-state index in [0.717, 1.165) is 14.9 Å². The molecule has 0 aromatic heterocycles. The van der Waals surface area contributed by atoms with E-state index in [9.17, 15) is 0 Å². The molecule has 1 atom stereocenters. The van der Waals surface area contributed by atoms with Gasteiger partial charge in [0.25, 0.3) is 0 Å². The van der Waals surface area contributed by atoms with Gasteiger partial charge >= 0.3 is 0 Å². The van der Waals surface area contributed by atoms with Gasteiger partial charge in [-0.1, -0.05) is 70.9 Å². The molecule has 2 rings (SSSR count). The van der Waals surface area contributed by atoms with Gasteiger partial charge in [-0.25, -0.2) is 0 Å². The fourth-order valence-corrected chi connectivity index (χ4v) is 5.02.